The molecule has 1 aromatic heterocycles. The van der Waals surface area contributed by atoms with Gasteiger partial charge < -0.3 is 4.74 Å². The van der Waals surface area contributed by atoms with Crippen LogP contribution in [0.4, 0.5) is 17.6 Å². The highest BCUT2D eigenvalue weighted by Gasteiger charge is 2.49. The van der Waals surface area contributed by atoms with Crippen molar-refractivity contribution < 1.29 is 22.3 Å². The van der Waals surface area contributed by atoms with Crippen LogP contribution in [0, 0.1) is 28.5 Å². The van der Waals surface area contributed by atoms with Crippen molar-refractivity contribution in [1.29, 1.82) is 10.7 Å². The lowest BCUT2D eigenvalue weighted by molar-refractivity contribution is -0.142. The second-order valence-electron chi connectivity index (χ2n) is 6.50. The SMILES string of the molecule is N#CC1C(=N)Oc2c(c(C(F)(F)F)nn2-c2ccccc2)C1c1c(F)cccc1Cl. The van der Waals surface area contributed by atoms with E-state index in [0.29, 0.717) is 0 Å². The number of nitrogens with one attached hydrogen (secondary N) is 1. The molecule has 2 heterocycles. The van der Waals surface area contributed by atoms with Crippen molar-refractivity contribution >= 4 is 17.5 Å². The Balaban J connectivity index is 2.09. The number of fused-ring (bicyclic) bond motifs is 1. The van der Waals surface area contributed by atoms with Gasteiger partial charge >= 0.3 is 6.18 Å². The van der Waals surface area contributed by atoms with Crippen LogP contribution in [0.25, 0.3) is 5.69 Å². The molecule has 2 aromatic carbocycles. The number of ether oxygens (including phenoxy) is 1. The van der Waals surface area contributed by atoms with Crippen LogP contribution < -0.4 is 4.74 Å². The predicted molar refractivity (Wildman–Crippen MR) is 99.3 cm³/mol. The molecular formula is C20H11ClF4N4O. The van der Waals surface area contributed by atoms with Crippen LogP contribution >= 0.6 is 11.6 Å². The molecule has 5 nitrogen and oxygen atoms in total. The van der Waals surface area contributed by atoms with Gasteiger partial charge in [-0.15, -0.1) is 0 Å². The molecule has 2 atom stereocenters. The molecule has 1 aliphatic heterocycles. The fraction of sp³-hybridized carbons (Fsp3) is 0.150. The summed E-state index contributed by atoms with van der Waals surface area (Å²) in [5.74, 6) is -4.99. The highest BCUT2D eigenvalue weighted by molar-refractivity contribution is 6.31. The van der Waals surface area contributed by atoms with Gasteiger partial charge in [-0.2, -0.15) is 28.2 Å². The molecule has 30 heavy (non-hydrogen) atoms. The zero-order chi connectivity index (χ0) is 21.6. The number of aromatic nitrogens is 2. The lowest BCUT2D eigenvalue weighted by atomic mass is 9.79. The maximum Gasteiger partial charge on any atom is 0.435 e. The van der Waals surface area contributed by atoms with Crippen molar-refractivity contribution in [2.75, 3.05) is 0 Å². The Labute approximate surface area is 172 Å². The predicted octanol–water partition coefficient (Wildman–Crippen LogP) is 5.32. The molecule has 0 radical (unpaired) electrons. The number of nitrogens with zero attached hydrogens (tertiary/aromatic N) is 3. The van der Waals surface area contributed by atoms with Gasteiger partial charge in [0, 0.05) is 16.5 Å². The van der Waals surface area contributed by atoms with Crippen LogP contribution in [-0.2, 0) is 6.18 Å². The Morgan fingerprint density at radius 2 is 1.80 bits per heavy atom. The second-order valence-corrected chi connectivity index (χ2v) is 6.91. The fourth-order valence-electron chi connectivity index (χ4n) is 3.48. The van der Waals surface area contributed by atoms with E-state index < -0.39 is 46.9 Å². The molecule has 0 spiro atoms. The summed E-state index contributed by atoms with van der Waals surface area (Å²) in [6.45, 7) is 0. The van der Waals surface area contributed by atoms with E-state index >= 15 is 0 Å². The van der Waals surface area contributed by atoms with Gasteiger partial charge in [-0.25, -0.2) is 4.39 Å². The normalized spacial score (nSPS) is 18.5. The first-order chi connectivity index (χ1) is 14.2. The Kier molecular flexibility index (Phi) is 4.74. The number of nitriles is 1. The average Bonchev–Trinajstić information content (AvgIpc) is 3.08. The van der Waals surface area contributed by atoms with E-state index in [2.05, 4.69) is 5.10 Å². The maximum atomic E-state index is 14.7. The zero-order valence-corrected chi connectivity index (χ0v) is 15.7. The Morgan fingerprint density at radius 1 is 1.10 bits per heavy atom. The molecule has 1 aliphatic rings. The van der Waals surface area contributed by atoms with E-state index in [1.807, 2.05) is 0 Å². The first-order valence-corrected chi connectivity index (χ1v) is 8.97. The number of halogens is 5. The number of para-hydroxylation sites is 1. The van der Waals surface area contributed by atoms with Gasteiger partial charge in [-0.1, -0.05) is 35.9 Å². The molecule has 4 rings (SSSR count). The largest absolute Gasteiger partial charge is 0.435 e. The third-order valence-electron chi connectivity index (χ3n) is 4.73. The van der Waals surface area contributed by atoms with Crippen LogP contribution in [-0.4, -0.2) is 15.7 Å². The summed E-state index contributed by atoms with van der Waals surface area (Å²) in [7, 11) is 0. The van der Waals surface area contributed by atoms with Gasteiger partial charge in [0.25, 0.3) is 0 Å². The lowest BCUT2D eigenvalue weighted by Crippen LogP contribution is -2.33. The van der Waals surface area contributed by atoms with Crippen molar-refractivity contribution in [1.82, 2.24) is 9.78 Å². The molecule has 0 amide bonds. The number of hydrogen-bond acceptors (Lipinski definition) is 4. The summed E-state index contributed by atoms with van der Waals surface area (Å²) in [4.78, 5) is 0. The monoisotopic (exact) mass is 434 g/mol. The zero-order valence-electron chi connectivity index (χ0n) is 14.9. The third-order valence-corrected chi connectivity index (χ3v) is 5.06. The maximum absolute atomic E-state index is 14.7. The van der Waals surface area contributed by atoms with Gasteiger partial charge in [0.2, 0.25) is 11.8 Å². The van der Waals surface area contributed by atoms with E-state index in [0.717, 1.165) is 10.7 Å². The number of hydrogen-bond donors (Lipinski definition) is 1. The Morgan fingerprint density at radius 3 is 2.40 bits per heavy atom. The van der Waals surface area contributed by atoms with Gasteiger partial charge in [0.15, 0.2) is 5.69 Å². The Hall–Kier alpha value is -3.38. The van der Waals surface area contributed by atoms with Gasteiger partial charge in [-0.05, 0) is 24.3 Å². The summed E-state index contributed by atoms with van der Waals surface area (Å²) in [5.41, 5.74) is -1.96. The summed E-state index contributed by atoms with van der Waals surface area (Å²) >= 11 is 6.12. The van der Waals surface area contributed by atoms with Crippen LogP contribution in [0.15, 0.2) is 48.5 Å². The van der Waals surface area contributed by atoms with Gasteiger partial charge in [0.1, 0.15) is 11.7 Å². The standard InChI is InChI=1S/C20H11ClF4N4O/c21-12-7-4-8-13(22)15(12)14-11(9-26)18(27)30-19-16(14)17(20(23,24)25)28-29(19)10-5-2-1-3-6-10/h1-8,11,14,27H. The van der Waals surface area contributed by atoms with Crippen LogP contribution in [0.3, 0.4) is 0 Å². The Bertz CT molecular complexity index is 1160. The topological polar surface area (TPSA) is 74.7 Å². The van der Waals surface area contributed by atoms with Crippen molar-refractivity contribution in [3.8, 4) is 17.6 Å². The molecule has 0 bridgehead atoms. The number of benzene rings is 2. The van der Waals surface area contributed by atoms with Gasteiger partial charge in [-0.3, -0.25) is 5.41 Å². The van der Waals surface area contributed by atoms with Crippen LogP contribution in [0.5, 0.6) is 5.88 Å². The smallest absolute Gasteiger partial charge is 0.423 e. The minimum atomic E-state index is -4.93. The quantitative estimate of drug-likeness (QED) is 0.554. The highest BCUT2D eigenvalue weighted by atomic mass is 35.5. The van der Waals surface area contributed by atoms with E-state index in [9.17, 15) is 22.8 Å². The van der Waals surface area contributed by atoms with E-state index in [1.165, 1.54) is 24.3 Å². The first kappa shape index (κ1) is 19.9. The van der Waals surface area contributed by atoms with Crippen LogP contribution in [0.2, 0.25) is 5.02 Å². The number of alkyl halides is 3. The van der Waals surface area contributed by atoms with Crippen LogP contribution in [0.1, 0.15) is 22.7 Å². The van der Waals surface area contributed by atoms with E-state index in [1.54, 1.807) is 24.3 Å². The van der Waals surface area contributed by atoms with Crippen molar-refractivity contribution in [3.63, 3.8) is 0 Å². The minimum Gasteiger partial charge on any atom is -0.423 e. The summed E-state index contributed by atoms with van der Waals surface area (Å²) in [6, 6.07) is 13.2. The molecule has 2 unspecified atom stereocenters. The van der Waals surface area contributed by atoms with Crippen molar-refractivity contribution in [2.45, 2.75) is 12.1 Å². The average molecular weight is 435 g/mol. The summed E-state index contributed by atoms with van der Waals surface area (Å²) < 4.78 is 62.7. The fourth-order valence-corrected chi connectivity index (χ4v) is 3.76. The molecule has 0 fully saturated rings. The minimum absolute atomic E-state index is 0.165. The molecule has 0 aliphatic carbocycles. The third kappa shape index (κ3) is 3.09. The molecule has 0 saturated carbocycles. The molecule has 1 N–H and O–H groups in total. The molecule has 3 aromatic rings. The van der Waals surface area contributed by atoms with Crippen molar-refractivity contribution in [2.24, 2.45) is 5.92 Å². The highest BCUT2D eigenvalue weighted by Crippen LogP contribution is 2.50. The van der Waals surface area contributed by atoms with E-state index in [4.69, 9.17) is 21.7 Å². The summed E-state index contributed by atoms with van der Waals surface area (Å²) in [5, 5.41) is 21.2. The summed E-state index contributed by atoms with van der Waals surface area (Å²) in [6.07, 6.45) is -4.93. The molecule has 10 heteroatoms. The number of rotatable bonds is 2. The van der Waals surface area contributed by atoms with Gasteiger partial charge in [0.05, 0.1) is 17.3 Å². The first-order valence-electron chi connectivity index (χ1n) is 8.59. The van der Waals surface area contributed by atoms with E-state index in [-0.39, 0.29) is 16.3 Å². The molecule has 152 valence electrons. The second kappa shape index (κ2) is 7.15. The molecular weight excluding hydrogens is 424 g/mol. The lowest BCUT2D eigenvalue weighted by Gasteiger charge is -2.29. The van der Waals surface area contributed by atoms with Crippen molar-refractivity contribution in [3.05, 3.63) is 76.2 Å². The molecule has 0 saturated heterocycles.